The summed E-state index contributed by atoms with van der Waals surface area (Å²) in [4.78, 5) is 22.7. The molecule has 2 aromatic carbocycles. The quantitative estimate of drug-likeness (QED) is 0.599. The molecule has 0 fully saturated rings. The van der Waals surface area contributed by atoms with Crippen molar-refractivity contribution < 1.29 is 19.4 Å². The van der Waals surface area contributed by atoms with Crippen LogP contribution in [0.1, 0.15) is 15.9 Å². The van der Waals surface area contributed by atoms with Gasteiger partial charge in [0.15, 0.2) is 6.61 Å². The van der Waals surface area contributed by atoms with Gasteiger partial charge in [-0.25, -0.2) is 10.2 Å². The number of benzene rings is 2. The van der Waals surface area contributed by atoms with E-state index in [1.54, 1.807) is 36.4 Å². The number of nitrogens with zero attached hydrogens (tertiary/aromatic N) is 1. The van der Waals surface area contributed by atoms with Crippen molar-refractivity contribution in [1.82, 2.24) is 5.43 Å². The molecule has 23 heavy (non-hydrogen) atoms. The summed E-state index contributed by atoms with van der Waals surface area (Å²) in [5.74, 6) is -0.969. The van der Waals surface area contributed by atoms with Gasteiger partial charge in [0, 0.05) is 5.56 Å². The zero-order valence-corrected chi connectivity index (χ0v) is 13.5. The number of hydrogen-bond donors (Lipinski definition) is 2. The van der Waals surface area contributed by atoms with Gasteiger partial charge in [0.1, 0.15) is 5.75 Å². The van der Waals surface area contributed by atoms with E-state index in [0.29, 0.717) is 11.3 Å². The van der Waals surface area contributed by atoms with Crippen LogP contribution < -0.4 is 10.2 Å². The van der Waals surface area contributed by atoms with E-state index < -0.39 is 11.9 Å². The van der Waals surface area contributed by atoms with Gasteiger partial charge < -0.3 is 9.84 Å². The second kappa shape index (κ2) is 8.09. The van der Waals surface area contributed by atoms with E-state index in [-0.39, 0.29) is 12.2 Å². The Balaban J connectivity index is 1.90. The number of carboxylic acid groups (broad SMARTS) is 1. The van der Waals surface area contributed by atoms with Gasteiger partial charge in [-0.3, -0.25) is 4.79 Å². The summed E-state index contributed by atoms with van der Waals surface area (Å²) in [6.07, 6.45) is 1.28. The van der Waals surface area contributed by atoms with E-state index in [1.807, 2.05) is 6.07 Å². The van der Waals surface area contributed by atoms with Crippen LogP contribution in [0.25, 0.3) is 0 Å². The van der Waals surface area contributed by atoms with Crippen LogP contribution in [0.15, 0.2) is 58.1 Å². The van der Waals surface area contributed by atoms with Gasteiger partial charge in [0.25, 0.3) is 5.91 Å². The van der Waals surface area contributed by atoms with E-state index in [1.165, 1.54) is 12.3 Å². The molecule has 1 amide bonds. The Morgan fingerprint density at radius 2 is 1.87 bits per heavy atom. The topological polar surface area (TPSA) is 88.0 Å². The van der Waals surface area contributed by atoms with Crippen molar-refractivity contribution >= 4 is 34.0 Å². The van der Waals surface area contributed by atoms with E-state index in [9.17, 15) is 9.59 Å². The molecule has 0 bridgehead atoms. The second-order valence-corrected chi connectivity index (χ2v) is 5.26. The van der Waals surface area contributed by atoms with Crippen LogP contribution in [0.4, 0.5) is 0 Å². The van der Waals surface area contributed by atoms with Crippen LogP contribution >= 0.6 is 15.9 Å². The highest BCUT2D eigenvalue weighted by Crippen LogP contribution is 2.23. The Bertz CT molecular complexity index is 746. The standard InChI is InChI=1S/C16H13BrN2O4/c17-13-7-3-4-8-14(13)23-10-15(20)19-18-9-11-5-1-2-6-12(11)16(21)22/h1-9H,10H2,(H,19,20)(H,21,22)/b18-9+. The normalized spacial score (nSPS) is 10.5. The molecule has 0 aliphatic carbocycles. The molecular formula is C16H13BrN2O4. The molecular weight excluding hydrogens is 364 g/mol. The molecule has 0 unspecified atom stereocenters. The molecule has 0 aliphatic rings. The number of halogens is 1. The Hall–Kier alpha value is -2.67. The number of amides is 1. The fourth-order valence-corrected chi connectivity index (χ4v) is 2.11. The van der Waals surface area contributed by atoms with Crippen LogP contribution in [0, 0.1) is 0 Å². The summed E-state index contributed by atoms with van der Waals surface area (Å²) in [5.41, 5.74) is 2.79. The first-order valence-electron chi connectivity index (χ1n) is 6.59. The summed E-state index contributed by atoms with van der Waals surface area (Å²) >= 11 is 3.31. The van der Waals surface area contributed by atoms with E-state index in [4.69, 9.17) is 9.84 Å². The van der Waals surface area contributed by atoms with Gasteiger partial charge in [0.2, 0.25) is 0 Å². The molecule has 0 heterocycles. The third kappa shape index (κ3) is 4.93. The molecule has 0 atom stereocenters. The molecule has 0 spiro atoms. The third-order valence-electron chi connectivity index (χ3n) is 2.78. The van der Waals surface area contributed by atoms with Gasteiger partial charge in [0.05, 0.1) is 16.3 Å². The Labute approximate surface area is 140 Å². The smallest absolute Gasteiger partial charge is 0.336 e. The monoisotopic (exact) mass is 376 g/mol. The van der Waals surface area contributed by atoms with Gasteiger partial charge in [-0.15, -0.1) is 0 Å². The minimum absolute atomic E-state index is 0.106. The summed E-state index contributed by atoms with van der Waals surface area (Å²) < 4.78 is 6.08. The summed E-state index contributed by atoms with van der Waals surface area (Å²) in [5, 5.41) is 12.8. The Morgan fingerprint density at radius 3 is 2.61 bits per heavy atom. The highest BCUT2D eigenvalue weighted by atomic mass is 79.9. The van der Waals surface area contributed by atoms with Gasteiger partial charge in [-0.2, -0.15) is 5.10 Å². The highest BCUT2D eigenvalue weighted by Gasteiger charge is 2.07. The van der Waals surface area contributed by atoms with Gasteiger partial charge in [-0.05, 0) is 34.1 Å². The van der Waals surface area contributed by atoms with Crippen molar-refractivity contribution in [3.05, 3.63) is 64.1 Å². The number of carbonyl (C=O) groups is 2. The van der Waals surface area contributed by atoms with E-state index in [0.717, 1.165) is 4.47 Å². The number of rotatable bonds is 6. The molecule has 2 aromatic rings. The molecule has 0 radical (unpaired) electrons. The number of hydrazone groups is 1. The lowest BCUT2D eigenvalue weighted by atomic mass is 10.1. The van der Waals surface area contributed by atoms with Crippen molar-refractivity contribution in [1.29, 1.82) is 0 Å². The second-order valence-electron chi connectivity index (χ2n) is 4.40. The molecule has 0 aromatic heterocycles. The average molecular weight is 377 g/mol. The van der Waals surface area contributed by atoms with Gasteiger partial charge >= 0.3 is 5.97 Å². The lowest BCUT2D eigenvalue weighted by Crippen LogP contribution is -2.24. The van der Waals surface area contributed by atoms with E-state index >= 15 is 0 Å². The Kier molecular flexibility index (Phi) is 5.87. The number of ether oxygens (including phenoxy) is 1. The van der Waals surface area contributed by atoms with Crippen LogP contribution in [-0.4, -0.2) is 29.8 Å². The van der Waals surface area contributed by atoms with Crippen molar-refractivity contribution in [2.75, 3.05) is 6.61 Å². The predicted octanol–water partition coefficient (Wildman–Crippen LogP) is 2.68. The number of para-hydroxylation sites is 1. The molecule has 0 saturated heterocycles. The maximum Gasteiger partial charge on any atom is 0.336 e. The molecule has 2 rings (SSSR count). The lowest BCUT2D eigenvalue weighted by molar-refractivity contribution is -0.123. The minimum Gasteiger partial charge on any atom is -0.483 e. The largest absolute Gasteiger partial charge is 0.483 e. The zero-order valence-electron chi connectivity index (χ0n) is 11.9. The van der Waals surface area contributed by atoms with Crippen LogP contribution in [-0.2, 0) is 4.79 Å². The summed E-state index contributed by atoms with van der Waals surface area (Å²) in [6.45, 7) is -0.208. The molecule has 118 valence electrons. The molecule has 7 heteroatoms. The number of nitrogens with one attached hydrogen (secondary N) is 1. The minimum atomic E-state index is -1.06. The van der Waals surface area contributed by atoms with Crippen molar-refractivity contribution in [3.8, 4) is 5.75 Å². The summed E-state index contributed by atoms with van der Waals surface area (Å²) in [6, 6.07) is 13.5. The number of hydrogen-bond acceptors (Lipinski definition) is 4. The maximum absolute atomic E-state index is 11.7. The Morgan fingerprint density at radius 1 is 1.17 bits per heavy atom. The summed E-state index contributed by atoms with van der Waals surface area (Å²) in [7, 11) is 0. The van der Waals surface area contributed by atoms with Crippen molar-refractivity contribution in [2.45, 2.75) is 0 Å². The predicted molar refractivity (Wildman–Crippen MR) is 88.8 cm³/mol. The molecule has 0 saturated carbocycles. The van der Waals surface area contributed by atoms with Gasteiger partial charge in [-0.1, -0.05) is 30.3 Å². The molecule has 6 nitrogen and oxygen atoms in total. The SMILES string of the molecule is O=C(COc1ccccc1Br)N/N=C/c1ccccc1C(=O)O. The highest BCUT2D eigenvalue weighted by molar-refractivity contribution is 9.10. The number of aromatic carboxylic acids is 1. The van der Waals surface area contributed by atoms with Crippen LogP contribution in [0.3, 0.4) is 0 Å². The fraction of sp³-hybridized carbons (Fsp3) is 0.0625. The van der Waals surface area contributed by atoms with Crippen molar-refractivity contribution in [2.24, 2.45) is 5.10 Å². The maximum atomic E-state index is 11.7. The third-order valence-corrected chi connectivity index (χ3v) is 3.43. The van der Waals surface area contributed by atoms with Crippen LogP contribution in [0.2, 0.25) is 0 Å². The number of carbonyl (C=O) groups excluding carboxylic acids is 1. The molecule has 0 aliphatic heterocycles. The first-order chi connectivity index (χ1) is 11.1. The lowest BCUT2D eigenvalue weighted by Gasteiger charge is -2.06. The van der Waals surface area contributed by atoms with Crippen molar-refractivity contribution in [3.63, 3.8) is 0 Å². The zero-order chi connectivity index (χ0) is 16.7. The van der Waals surface area contributed by atoms with E-state index in [2.05, 4.69) is 26.5 Å². The average Bonchev–Trinajstić information content (AvgIpc) is 2.54. The first-order valence-corrected chi connectivity index (χ1v) is 7.39. The first kappa shape index (κ1) is 16.7. The molecule has 2 N–H and O–H groups in total. The fourth-order valence-electron chi connectivity index (χ4n) is 1.72. The number of carboxylic acids is 1. The van der Waals surface area contributed by atoms with Crippen LogP contribution in [0.5, 0.6) is 5.75 Å².